The third-order valence-electron chi connectivity index (χ3n) is 2.53. The summed E-state index contributed by atoms with van der Waals surface area (Å²) in [6.07, 6.45) is 3.46. The molecule has 2 nitrogen and oxygen atoms in total. The van der Waals surface area contributed by atoms with E-state index in [1.165, 1.54) is 0 Å². The van der Waals surface area contributed by atoms with Gasteiger partial charge in [-0.25, -0.2) is 0 Å². The van der Waals surface area contributed by atoms with E-state index in [1.807, 2.05) is 0 Å². The minimum Gasteiger partial charge on any atom is -0.300 e. The summed E-state index contributed by atoms with van der Waals surface area (Å²) in [5, 5.41) is 0.300. The standard InChI is InChI=1S/C11H20IO2P/c1-11(2,15-3)8-7-9(13)5-4-6-10(12)14/h15H,4-8H2,1-3H3. The van der Waals surface area contributed by atoms with Crippen molar-refractivity contribution in [3.05, 3.63) is 0 Å². The van der Waals surface area contributed by atoms with Gasteiger partial charge in [-0.2, -0.15) is 0 Å². The lowest BCUT2D eigenvalue weighted by Gasteiger charge is -2.21. The molecule has 0 aliphatic carbocycles. The van der Waals surface area contributed by atoms with Gasteiger partial charge in [-0.05, 0) is 47.3 Å². The van der Waals surface area contributed by atoms with Crippen LogP contribution in [-0.2, 0) is 9.59 Å². The molecule has 0 fully saturated rings. The monoisotopic (exact) mass is 342 g/mol. The van der Waals surface area contributed by atoms with Crippen LogP contribution in [0.5, 0.6) is 0 Å². The Morgan fingerprint density at radius 3 is 2.27 bits per heavy atom. The van der Waals surface area contributed by atoms with Gasteiger partial charge in [0.15, 0.2) is 3.79 Å². The molecular formula is C11H20IO2P. The molecule has 0 heterocycles. The minimum absolute atomic E-state index is 0.149. The SMILES string of the molecule is CPC(C)(C)CCC(=O)CCCC(=O)I. The van der Waals surface area contributed by atoms with Crippen LogP contribution < -0.4 is 0 Å². The van der Waals surface area contributed by atoms with Gasteiger partial charge in [0.1, 0.15) is 5.78 Å². The molecule has 0 saturated carbocycles. The minimum atomic E-state index is 0.149. The second-order valence-corrected chi connectivity index (χ2v) is 7.44. The van der Waals surface area contributed by atoms with E-state index in [1.54, 1.807) is 22.6 Å². The van der Waals surface area contributed by atoms with Crippen molar-refractivity contribution in [1.82, 2.24) is 0 Å². The zero-order chi connectivity index (χ0) is 11.9. The number of carbonyl (C=O) groups is 2. The van der Waals surface area contributed by atoms with Gasteiger partial charge in [-0.15, -0.1) is 8.58 Å². The number of rotatable bonds is 8. The smallest absolute Gasteiger partial charge is 0.192 e. The lowest BCUT2D eigenvalue weighted by atomic mass is 10.0. The molecule has 0 rings (SSSR count). The van der Waals surface area contributed by atoms with Crippen molar-refractivity contribution < 1.29 is 9.59 Å². The summed E-state index contributed by atoms with van der Waals surface area (Å²) in [5.41, 5.74) is 0. The van der Waals surface area contributed by atoms with Crippen LogP contribution in [0.4, 0.5) is 0 Å². The second kappa shape index (κ2) is 7.72. The van der Waals surface area contributed by atoms with E-state index in [4.69, 9.17) is 0 Å². The molecule has 0 saturated heterocycles. The van der Waals surface area contributed by atoms with Gasteiger partial charge in [0.25, 0.3) is 0 Å². The summed E-state index contributed by atoms with van der Waals surface area (Å²) >= 11 is 1.78. The van der Waals surface area contributed by atoms with E-state index in [9.17, 15) is 9.59 Å². The highest BCUT2D eigenvalue weighted by Crippen LogP contribution is 2.32. The first-order valence-electron chi connectivity index (χ1n) is 5.26. The molecule has 0 radical (unpaired) electrons. The van der Waals surface area contributed by atoms with Crippen molar-refractivity contribution in [1.29, 1.82) is 0 Å². The molecule has 0 aromatic carbocycles. The van der Waals surface area contributed by atoms with Crippen LogP contribution in [0.2, 0.25) is 0 Å². The third kappa shape index (κ3) is 9.43. The van der Waals surface area contributed by atoms with Crippen molar-refractivity contribution in [2.24, 2.45) is 0 Å². The topological polar surface area (TPSA) is 34.1 Å². The molecule has 0 aliphatic heterocycles. The van der Waals surface area contributed by atoms with Gasteiger partial charge in [-0.3, -0.25) is 9.59 Å². The number of halogens is 1. The molecule has 15 heavy (non-hydrogen) atoms. The lowest BCUT2D eigenvalue weighted by molar-refractivity contribution is -0.119. The summed E-state index contributed by atoms with van der Waals surface area (Å²) in [7, 11) is 0.875. The predicted molar refractivity (Wildman–Crippen MR) is 75.4 cm³/mol. The van der Waals surface area contributed by atoms with Crippen LogP contribution in [0.1, 0.15) is 46.0 Å². The molecule has 1 atom stereocenters. The number of hydrogen-bond acceptors (Lipinski definition) is 2. The average molecular weight is 342 g/mol. The first kappa shape index (κ1) is 15.5. The number of carbonyl (C=O) groups excluding carboxylic acids is 2. The van der Waals surface area contributed by atoms with E-state index in [2.05, 4.69) is 20.5 Å². The first-order valence-corrected chi connectivity index (χ1v) is 7.84. The van der Waals surface area contributed by atoms with E-state index in [-0.39, 0.29) is 3.79 Å². The molecule has 0 aliphatic rings. The van der Waals surface area contributed by atoms with Crippen molar-refractivity contribution in [2.75, 3.05) is 6.66 Å². The Bertz CT molecular complexity index is 227. The maximum absolute atomic E-state index is 11.5. The number of Topliss-reactive ketones (excluding diaryl/α,β-unsaturated/α-hetero) is 1. The summed E-state index contributed by atoms with van der Waals surface area (Å²) in [6, 6.07) is 0. The van der Waals surface area contributed by atoms with E-state index < -0.39 is 0 Å². The van der Waals surface area contributed by atoms with Crippen LogP contribution in [0.25, 0.3) is 0 Å². The molecule has 0 bridgehead atoms. The first-order chi connectivity index (χ1) is 6.87. The summed E-state index contributed by atoms with van der Waals surface area (Å²) in [4.78, 5) is 22.1. The fraction of sp³-hybridized carbons (Fsp3) is 0.818. The van der Waals surface area contributed by atoms with Gasteiger partial charge in [0, 0.05) is 19.3 Å². The molecule has 0 N–H and O–H groups in total. The Morgan fingerprint density at radius 2 is 1.80 bits per heavy atom. The van der Waals surface area contributed by atoms with E-state index in [0.717, 1.165) is 21.4 Å². The van der Waals surface area contributed by atoms with Crippen molar-refractivity contribution >= 4 is 40.7 Å². The van der Waals surface area contributed by atoms with Crippen LogP contribution in [-0.4, -0.2) is 21.4 Å². The molecule has 0 amide bonds. The van der Waals surface area contributed by atoms with Gasteiger partial charge < -0.3 is 0 Å². The van der Waals surface area contributed by atoms with Crippen molar-refractivity contribution in [3.63, 3.8) is 0 Å². The molecule has 0 aromatic rings. The Labute approximate surface area is 108 Å². The molecule has 0 spiro atoms. The third-order valence-corrected chi connectivity index (χ3v) is 4.68. The van der Waals surface area contributed by atoms with Gasteiger partial charge >= 0.3 is 0 Å². The Kier molecular flexibility index (Phi) is 7.98. The second-order valence-electron chi connectivity index (χ2n) is 4.38. The Balaban J connectivity index is 3.62. The Morgan fingerprint density at radius 1 is 1.20 bits per heavy atom. The largest absolute Gasteiger partial charge is 0.300 e. The maximum Gasteiger partial charge on any atom is 0.192 e. The van der Waals surface area contributed by atoms with Crippen LogP contribution in [0.3, 0.4) is 0 Å². The fourth-order valence-electron chi connectivity index (χ4n) is 1.13. The van der Waals surface area contributed by atoms with Crippen LogP contribution >= 0.6 is 31.2 Å². The summed E-state index contributed by atoms with van der Waals surface area (Å²) in [5.74, 6) is 0.305. The highest BCUT2D eigenvalue weighted by molar-refractivity contribution is 14.1. The zero-order valence-corrected chi connectivity index (χ0v) is 12.9. The van der Waals surface area contributed by atoms with Crippen LogP contribution in [0.15, 0.2) is 0 Å². The average Bonchev–Trinajstić information content (AvgIpc) is 2.14. The fourth-order valence-corrected chi connectivity index (χ4v) is 1.88. The molecule has 1 unspecified atom stereocenters. The maximum atomic E-state index is 11.5. The highest BCUT2D eigenvalue weighted by Gasteiger charge is 2.16. The lowest BCUT2D eigenvalue weighted by Crippen LogP contribution is -2.14. The molecule has 4 heteroatoms. The number of ketones is 1. The van der Waals surface area contributed by atoms with Gasteiger partial charge in [-0.1, -0.05) is 13.8 Å². The normalized spacial score (nSPS) is 12.3. The van der Waals surface area contributed by atoms with Crippen molar-refractivity contribution in [2.45, 2.75) is 51.1 Å². The molecule has 88 valence electrons. The summed E-state index contributed by atoms with van der Waals surface area (Å²) in [6.45, 7) is 6.58. The quantitative estimate of drug-likeness (QED) is 0.384. The van der Waals surface area contributed by atoms with E-state index >= 15 is 0 Å². The summed E-state index contributed by atoms with van der Waals surface area (Å²) < 4.78 is 0.149. The van der Waals surface area contributed by atoms with E-state index in [0.29, 0.717) is 30.2 Å². The van der Waals surface area contributed by atoms with Crippen LogP contribution in [0, 0.1) is 0 Å². The predicted octanol–water partition coefficient (Wildman–Crippen LogP) is 3.55. The Hall–Kier alpha value is 0.500. The highest BCUT2D eigenvalue weighted by atomic mass is 127. The zero-order valence-electron chi connectivity index (χ0n) is 9.73. The molecular weight excluding hydrogens is 322 g/mol. The molecule has 0 aromatic heterocycles. The number of hydrogen-bond donors (Lipinski definition) is 0. The van der Waals surface area contributed by atoms with Crippen molar-refractivity contribution in [3.8, 4) is 0 Å². The van der Waals surface area contributed by atoms with Gasteiger partial charge in [0.05, 0.1) is 0 Å². The van der Waals surface area contributed by atoms with Gasteiger partial charge in [0.2, 0.25) is 0 Å².